The van der Waals surface area contributed by atoms with Crippen molar-refractivity contribution in [2.75, 3.05) is 16.3 Å². The molecule has 3 heterocycles. The lowest BCUT2D eigenvalue weighted by molar-refractivity contribution is -0.121. The summed E-state index contributed by atoms with van der Waals surface area (Å²) in [5.74, 6) is 1.35. The molecule has 7 nitrogen and oxygen atoms in total. The number of benzene rings is 2. The van der Waals surface area contributed by atoms with Gasteiger partial charge in [-0.25, -0.2) is 0 Å². The zero-order valence-electron chi connectivity index (χ0n) is 17.1. The molecule has 0 bridgehead atoms. The summed E-state index contributed by atoms with van der Waals surface area (Å²) in [7, 11) is 0. The number of furan rings is 1. The number of hydrogen-bond acceptors (Lipinski definition) is 6. The number of nitrogens with zero attached hydrogens (tertiary/aromatic N) is 4. The predicted molar refractivity (Wildman–Crippen MR) is 116 cm³/mol. The van der Waals surface area contributed by atoms with Gasteiger partial charge in [0.05, 0.1) is 36.6 Å². The van der Waals surface area contributed by atoms with Crippen LogP contribution in [0.1, 0.15) is 18.4 Å². The van der Waals surface area contributed by atoms with Crippen molar-refractivity contribution in [3.63, 3.8) is 0 Å². The van der Waals surface area contributed by atoms with E-state index in [4.69, 9.17) is 8.94 Å². The van der Waals surface area contributed by atoms with E-state index in [1.54, 1.807) is 18.4 Å². The summed E-state index contributed by atoms with van der Waals surface area (Å²) in [6, 6.07) is 21.6. The average Bonchev–Trinajstić information content (AvgIpc) is 3.48. The summed E-state index contributed by atoms with van der Waals surface area (Å²) in [4.78, 5) is 21.8. The maximum atomic E-state index is 13.3. The van der Waals surface area contributed by atoms with Crippen LogP contribution in [0, 0.1) is 5.92 Å². The van der Waals surface area contributed by atoms with E-state index in [-0.39, 0.29) is 11.8 Å². The van der Waals surface area contributed by atoms with Crippen LogP contribution in [0.5, 0.6) is 0 Å². The molecule has 0 radical (unpaired) electrons. The summed E-state index contributed by atoms with van der Waals surface area (Å²) in [6.07, 6.45) is 1.57. The Morgan fingerprint density at radius 2 is 1.74 bits per heavy atom. The molecular weight excluding hydrogens is 392 g/mol. The third-order valence-corrected chi connectivity index (χ3v) is 5.41. The molecule has 1 aliphatic heterocycles. The predicted octanol–water partition coefficient (Wildman–Crippen LogP) is 4.52. The van der Waals surface area contributed by atoms with Crippen molar-refractivity contribution in [3.8, 4) is 11.6 Å². The minimum atomic E-state index is -0.191. The van der Waals surface area contributed by atoms with E-state index >= 15 is 0 Å². The Hall–Kier alpha value is -3.87. The fraction of sp³-hybridized carbons (Fsp3) is 0.208. The number of para-hydroxylation sites is 2. The van der Waals surface area contributed by atoms with E-state index in [0.717, 1.165) is 16.9 Å². The first-order chi connectivity index (χ1) is 15.2. The van der Waals surface area contributed by atoms with Crippen LogP contribution in [-0.4, -0.2) is 22.6 Å². The fourth-order valence-electron chi connectivity index (χ4n) is 3.92. The fourth-order valence-corrected chi connectivity index (χ4v) is 3.92. The second kappa shape index (κ2) is 8.10. The molecule has 5 rings (SSSR count). The Kier molecular flexibility index (Phi) is 5.00. The van der Waals surface area contributed by atoms with Crippen LogP contribution >= 0.6 is 0 Å². The van der Waals surface area contributed by atoms with Crippen LogP contribution in [0.3, 0.4) is 0 Å². The first-order valence-electron chi connectivity index (χ1n) is 10.2. The highest BCUT2D eigenvalue weighted by molar-refractivity contribution is 5.99. The van der Waals surface area contributed by atoms with Crippen molar-refractivity contribution >= 4 is 17.3 Å². The van der Waals surface area contributed by atoms with E-state index < -0.39 is 0 Å². The third-order valence-electron chi connectivity index (χ3n) is 5.41. The minimum absolute atomic E-state index is 0.0978. The highest BCUT2D eigenvalue weighted by Crippen LogP contribution is 2.36. The van der Waals surface area contributed by atoms with E-state index in [1.807, 2.05) is 66.4 Å². The van der Waals surface area contributed by atoms with Crippen molar-refractivity contribution < 1.29 is 13.7 Å². The monoisotopic (exact) mass is 414 g/mol. The van der Waals surface area contributed by atoms with Crippen molar-refractivity contribution in [1.29, 1.82) is 0 Å². The van der Waals surface area contributed by atoms with Crippen LogP contribution in [0.15, 0.2) is 81.9 Å². The van der Waals surface area contributed by atoms with Crippen LogP contribution in [0.4, 0.5) is 11.4 Å². The van der Waals surface area contributed by atoms with Crippen molar-refractivity contribution in [2.45, 2.75) is 20.0 Å². The molecule has 1 unspecified atom stereocenters. The molecule has 2 aromatic heterocycles. The van der Waals surface area contributed by atoms with Gasteiger partial charge >= 0.3 is 0 Å². The SMILES string of the molecule is CC1CN(Cc2nc(-c3ccco3)no2)c2ccccc2N(Cc2ccccc2)C1=O. The zero-order valence-corrected chi connectivity index (χ0v) is 17.1. The number of anilines is 2. The molecule has 0 fully saturated rings. The topological polar surface area (TPSA) is 75.6 Å². The molecule has 0 saturated carbocycles. The quantitative estimate of drug-likeness (QED) is 0.478. The standard InChI is InChI=1S/C24H22N4O3/c1-17-14-27(16-22-25-23(26-31-22)21-12-7-13-30-21)19-10-5-6-11-20(19)28(24(17)29)15-18-8-3-2-4-9-18/h2-13,17H,14-16H2,1H3. The molecule has 1 amide bonds. The average molecular weight is 414 g/mol. The normalized spacial score (nSPS) is 16.3. The minimum Gasteiger partial charge on any atom is -0.461 e. The Bertz CT molecular complexity index is 1170. The second-order valence-corrected chi connectivity index (χ2v) is 7.67. The van der Waals surface area contributed by atoms with Gasteiger partial charge in [0, 0.05) is 6.54 Å². The van der Waals surface area contributed by atoms with Gasteiger partial charge in [0.2, 0.25) is 17.6 Å². The summed E-state index contributed by atoms with van der Waals surface area (Å²) in [5, 5.41) is 4.02. The molecule has 1 atom stereocenters. The summed E-state index contributed by atoms with van der Waals surface area (Å²) in [5.41, 5.74) is 2.94. The molecular formula is C24H22N4O3. The van der Waals surface area contributed by atoms with E-state index in [1.165, 1.54) is 0 Å². The summed E-state index contributed by atoms with van der Waals surface area (Å²) >= 11 is 0. The highest BCUT2D eigenvalue weighted by Gasteiger charge is 2.32. The van der Waals surface area contributed by atoms with E-state index in [9.17, 15) is 4.79 Å². The van der Waals surface area contributed by atoms with Gasteiger partial charge in [-0.15, -0.1) is 0 Å². The van der Waals surface area contributed by atoms with Crippen molar-refractivity contribution in [2.24, 2.45) is 5.92 Å². The number of amides is 1. The van der Waals surface area contributed by atoms with E-state index in [0.29, 0.717) is 37.1 Å². The lowest BCUT2D eigenvalue weighted by Crippen LogP contribution is -2.36. The maximum absolute atomic E-state index is 13.3. The first kappa shape index (κ1) is 19.1. The molecule has 0 N–H and O–H groups in total. The molecule has 4 aromatic rings. The largest absolute Gasteiger partial charge is 0.461 e. The van der Waals surface area contributed by atoms with Gasteiger partial charge in [-0.2, -0.15) is 4.98 Å². The number of aromatic nitrogens is 2. The smallest absolute Gasteiger partial charge is 0.246 e. The van der Waals surface area contributed by atoms with Crippen LogP contribution < -0.4 is 9.80 Å². The van der Waals surface area contributed by atoms with Gasteiger partial charge in [0.25, 0.3) is 0 Å². The van der Waals surface area contributed by atoms with E-state index in [2.05, 4.69) is 15.0 Å². The number of rotatable bonds is 5. The van der Waals surface area contributed by atoms with Gasteiger partial charge in [0.15, 0.2) is 5.76 Å². The molecule has 0 spiro atoms. The molecule has 156 valence electrons. The third kappa shape index (κ3) is 3.82. The van der Waals surface area contributed by atoms with Crippen molar-refractivity contribution in [3.05, 3.63) is 84.4 Å². The molecule has 1 aliphatic rings. The van der Waals surface area contributed by atoms with Crippen LogP contribution in [-0.2, 0) is 17.9 Å². The Morgan fingerprint density at radius 1 is 0.968 bits per heavy atom. The Balaban J connectivity index is 1.47. The maximum Gasteiger partial charge on any atom is 0.246 e. The number of fused-ring (bicyclic) bond motifs is 1. The highest BCUT2D eigenvalue weighted by atomic mass is 16.5. The molecule has 0 saturated heterocycles. The number of carbonyl (C=O) groups excluding carboxylic acids is 1. The van der Waals surface area contributed by atoms with Gasteiger partial charge in [-0.3, -0.25) is 4.79 Å². The number of hydrogen-bond donors (Lipinski definition) is 0. The van der Waals surface area contributed by atoms with Gasteiger partial charge in [0.1, 0.15) is 0 Å². The van der Waals surface area contributed by atoms with Crippen LogP contribution in [0.2, 0.25) is 0 Å². The molecule has 7 heteroatoms. The second-order valence-electron chi connectivity index (χ2n) is 7.67. The number of carbonyl (C=O) groups is 1. The summed E-state index contributed by atoms with van der Waals surface area (Å²) in [6.45, 7) is 3.44. The van der Waals surface area contributed by atoms with Gasteiger partial charge in [-0.1, -0.05) is 54.5 Å². The van der Waals surface area contributed by atoms with Crippen LogP contribution in [0.25, 0.3) is 11.6 Å². The first-order valence-corrected chi connectivity index (χ1v) is 10.2. The zero-order chi connectivity index (χ0) is 21.2. The van der Waals surface area contributed by atoms with Gasteiger partial charge < -0.3 is 18.7 Å². The molecule has 31 heavy (non-hydrogen) atoms. The van der Waals surface area contributed by atoms with Gasteiger partial charge in [-0.05, 0) is 29.8 Å². The summed E-state index contributed by atoms with van der Waals surface area (Å²) < 4.78 is 10.8. The Labute approximate surface area is 179 Å². The lowest BCUT2D eigenvalue weighted by atomic mass is 10.1. The van der Waals surface area contributed by atoms with Crippen molar-refractivity contribution in [1.82, 2.24) is 10.1 Å². The Morgan fingerprint density at radius 3 is 2.52 bits per heavy atom. The molecule has 0 aliphatic carbocycles. The lowest BCUT2D eigenvalue weighted by Gasteiger charge is -2.25. The molecule has 2 aromatic carbocycles.